The van der Waals surface area contributed by atoms with Gasteiger partial charge in [0, 0.05) is 16.5 Å². The van der Waals surface area contributed by atoms with Crippen molar-refractivity contribution in [2.45, 2.75) is 30.4 Å². The number of fused-ring (bicyclic) bond motifs is 2. The van der Waals surface area contributed by atoms with Crippen LogP contribution in [0.5, 0.6) is 0 Å². The number of hydrogen-bond donors (Lipinski definition) is 1. The lowest BCUT2D eigenvalue weighted by Crippen LogP contribution is -1.87. The van der Waals surface area contributed by atoms with Gasteiger partial charge in [0.15, 0.2) is 0 Å². The van der Waals surface area contributed by atoms with E-state index in [4.69, 9.17) is 0 Å². The lowest BCUT2D eigenvalue weighted by molar-refractivity contribution is 1.00. The molecular formula is C11H12S3. The van der Waals surface area contributed by atoms with Gasteiger partial charge in [-0.15, -0.1) is 35.7 Å². The Balaban J connectivity index is 2.26. The molecule has 1 aromatic rings. The van der Waals surface area contributed by atoms with Gasteiger partial charge in [0.25, 0.3) is 0 Å². The van der Waals surface area contributed by atoms with Gasteiger partial charge in [0.2, 0.25) is 0 Å². The van der Waals surface area contributed by atoms with Crippen LogP contribution in [0.25, 0.3) is 5.57 Å². The first-order chi connectivity index (χ1) is 6.70. The van der Waals surface area contributed by atoms with Gasteiger partial charge in [-0.25, -0.2) is 0 Å². The Hall–Kier alpha value is 0.140. The summed E-state index contributed by atoms with van der Waals surface area (Å²) in [5.74, 6) is 1.93. The molecule has 14 heavy (non-hydrogen) atoms. The minimum Gasteiger partial charge on any atom is -0.133 e. The van der Waals surface area contributed by atoms with Gasteiger partial charge in [-0.1, -0.05) is 6.92 Å². The molecule has 3 heteroatoms. The lowest BCUT2D eigenvalue weighted by atomic mass is 10.1. The Bertz CT molecular complexity index is 440. The number of thiol groups is 1. The minimum absolute atomic E-state index is 0.650. The highest BCUT2D eigenvalue weighted by Crippen LogP contribution is 2.56. The Morgan fingerprint density at radius 2 is 2.21 bits per heavy atom. The highest BCUT2D eigenvalue weighted by atomic mass is 32.2. The molecule has 2 heterocycles. The normalized spacial score (nSPS) is 24.4. The van der Waals surface area contributed by atoms with Crippen LogP contribution in [0, 0.1) is 6.92 Å². The molecule has 0 saturated heterocycles. The maximum absolute atomic E-state index is 4.54. The third-order valence-electron chi connectivity index (χ3n) is 3.14. The summed E-state index contributed by atoms with van der Waals surface area (Å²) in [7, 11) is 0. The molecule has 1 unspecified atom stereocenters. The Labute approximate surface area is 98.2 Å². The predicted octanol–water partition coefficient (Wildman–Crippen LogP) is 4.31. The number of thiophene rings is 1. The highest BCUT2D eigenvalue weighted by Gasteiger charge is 2.35. The summed E-state index contributed by atoms with van der Waals surface area (Å²) in [6.45, 7) is 4.55. The molecule has 74 valence electrons. The van der Waals surface area contributed by atoms with Crippen LogP contribution in [0.2, 0.25) is 0 Å². The Morgan fingerprint density at radius 1 is 1.43 bits per heavy atom. The van der Waals surface area contributed by atoms with Crippen molar-refractivity contribution in [2.24, 2.45) is 0 Å². The van der Waals surface area contributed by atoms with Crippen molar-refractivity contribution in [3.63, 3.8) is 0 Å². The average molecular weight is 240 g/mol. The summed E-state index contributed by atoms with van der Waals surface area (Å²) >= 11 is 8.47. The van der Waals surface area contributed by atoms with E-state index in [1.165, 1.54) is 21.9 Å². The van der Waals surface area contributed by atoms with Crippen molar-refractivity contribution in [2.75, 3.05) is 5.75 Å². The smallest absolute Gasteiger partial charge is 0.0606 e. The number of hydrogen-bond acceptors (Lipinski definition) is 3. The predicted molar refractivity (Wildman–Crippen MR) is 68.7 cm³/mol. The minimum atomic E-state index is 0.650. The van der Waals surface area contributed by atoms with Crippen molar-refractivity contribution in [1.82, 2.24) is 0 Å². The van der Waals surface area contributed by atoms with Crippen molar-refractivity contribution in [3.8, 4) is 0 Å². The maximum atomic E-state index is 4.54. The molecule has 0 saturated carbocycles. The number of thioether (sulfide) groups is 1. The second kappa shape index (κ2) is 3.06. The molecule has 2 aliphatic rings. The van der Waals surface area contributed by atoms with Crippen LogP contribution in [-0.2, 0) is 0 Å². The van der Waals surface area contributed by atoms with Crippen LogP contribution in [0.1, 0.15) is 35.3 Å². The average Bonchev–Trinajstić information content (AvgIpc) is 2.76. The van der Waals surface area contributed by atoms with Crippen LogP contribution in [0.15, 0.2) is 9.11 Å². The van der Waals surface area contributed by atoms with E-state index in [0.29, 0.717) is 5.92 Å². The first-order valence-corrected chi connectivity index (χ1v) is 7.13. The number of allylic oxidation sites excluding steroid dienone is 2. The van der Waals surface area contributed by atoms with Gasteiger partial charge in [-0.05, 0) is 34.9 Å². The SMILES string of the molecule is Cc1c(S)sc2c1C1=C(SCC1)C2C. The van der Waals surface area contributed by atoms with E-state index in [1.54, 1.807) is 20.9 Å². The van der Waals surface area contributed by atoms with Crippen LogP contribution in [0.3, 0.4) is 0 Å². The first-order valence-electron chi connectivity index (χ1n) is 4.88. The second-order valence-corrected chi connectivity index (χ2v) is 6.87. The van der Waals surface area contributed by atoms with Gasteiger partial charge < -0.3 is 0 Å². The third-order valence-corrected chi connectivity index (χ3v) is 6.35. The molecule has 1 aliphatic heterocycles. The largest absolute Gasteiger partial charge is 0.133 e. The maximum Gasteiger partial charge on any atom is 0.0606 e. The summed E-state index contributed by atoms with van der Waals surface area (Å²) in [6, 6.07) is 0. The molecule has 0 radical (unpaired) electrons. The van der Waals surface area contributed by atoms with Gasteiger partial charge in [-0.3, -0.25) is 0 Å². The molecular weight excluding hydrogens is 228 g/mol. The fourth-order valence-electron chi connectivity index (χ4n) is 2.43. The van der Waals surface area contributed by atoms with E-state index in [-0.39, 0.29) is 0 Å². The summed E-state index contributed by atoms with van der Waals surface area (Å²) in [5.41, 5.74) is 4.59. The monoisotopic (exact) mass is 240 g/mol. The molecule has 0 aromatic carbocycles. The lowest BCUT2D eigenvalue weighted by Gasteiger charge is -2.05. The molecule has 1 aliphatic carbocycles. The van der Waals surface area contributed by atoms with Crippen molar-refractivity contribution < 1.29 is 0 Å². The molecule has 0 amide bonds. The van der Waals surface area contributed by atoms with Gasteiger partial charge in [0.05, 0.1) is 4.21 Å². The molecule has 1 atom stereocenters. The topological polar surface area (TPSA) is 0 Å². The molecule has 0 nitrogen and oxygen atoms in total. The molecule has 0 spiro atoms. The fraction of sp³-hybridized carbons (Fsp3) is 0.455. The highest BCUT2D eigenvalue weighted by molar-refractivity contribution is 8.03. The van der Waals surface area contributed by atoms with Crippen LogP contribution in [0.4, 0.5) is 0 Å². The zero-order valence-electron chi connectivity index (χ0n) is 8.26. The van der Waals surface area contributed by atoms with E-state index in [1.807, 2.05) is 11.3 Å². The van der Waals surface area contributed by atoms with Crippen molar-refractivity contribution >= 4 is 41.3 Å². The Kier molecular flexibility index (Phi) is 2.05. The van der Waals surface area contributed by atoms with Crippen molar-refractivity contribution in [1.29, 1.82) is 0 Å². The van der Waals surface area contributed by atoms with Crippen molar-refractivity contribution in [3.05, 3.63) is 20.9 Å². The van der Waals surface area contributed by atoms with E-state index in [0.717, 1.165) is 0 Å². The summed E-state index contributed by atoms with van der Waals surface area (Å²) in [4.78, 5) is 3.20. The first kappa shape index (κ1) is 9.37. The Morgan fingerprint density at radius 3 is 3.00 bits per heavy atom. The molecule has 1 aromatic heterocycles. The van der Waals surface area contributed by atoms with Crippen LogP contribution >= 0.6 is 35.7 Å². The van der Waals surface area contributed by atoms with E-state index >= 15 is 0 Å². The summed E-state index contributed by atoms with van der Waals surface area (Å²) < 4.78 is 1.21. The van der Waals surface area contributed by atoms with E-state index in [2.05, 4.69) is 38.2 Å². The summed E-state index contributed by atoms with van der Waals surface area (Å²) in [6.07, 6.45) is 1.27. The number of rotatable bonds is 0. The quantitative estimate of drug-likeness (QED) is 0.659. The second-order valence-electron chi connectivity index (χ2n) is 3.93. The van der Waals surface area contributed by atoms with Gasteiger partial charge in [-0.2, -0.15) is 0 Å². The van der Waals surface area contributed by atoms with E-state index < -0.39 is 0 Å². The molecule has 3 rings (SSSR count). The molecule has 0 bridgehead atoms. The van der Waals surface area contributed by atoms with Crippen LogP contribution < -0.4 is 0 Å². The van der Waals surface area contributed by atoms with Crippen LogP contribution in [-0.4, -0.2) is 5.75 Å². The standard InChI is InChI=1S/C11H12S3/c1-5-8-7-3-4-13-9(7)6(2)10(8)14-11(5)12/h6,12H,3-4H2,1-2H3. The van der Waals surface area contributed by atoms with E-state index in [9.17, 15) is 0 Å². The summed E-state index contributed by atoms with van der Waals surface area (Å²) in [5, 5.41) is 0. The van der Waals surface area contributed by atoms with Gasteiger partial charge >= 0.3 is 0 Å². The van der Waals surface area contributed by atoms with Gasteiger partial charge in [0.1, 0.15) is 0 Å². The molecule has 0 fully saturated rings. The third kappa shape index (κ3) is 1.04. The fourth-order valence-corrected chi connectivity index (χ4v) is 5.32. The zero-order chi connectivity index (χ0) is 9.87. The zero-order valence-corrected chi connectivity index (χ0v) is 10.8. The molecule has 0 N–H and O–H groups in total.